The molecule has 186 valence electrons. The molecule has 6 atom stereocenters. The van der Waals surface area contributed by atoms with Gasteiger partial charge in [-0.15, -0.1) is 0 Å². The summed E-state index contributed by atoms with van der Waals surface area (Å²) in [5.74, 6) is 0.662. The third-order valence-corrected chi connectivity index (χ3v) is 6.64. The summed E-state index contributed by atoms with van der Waals surface area (Å²) in [4.78, 5) is 0. The van der Waals surface area contributed by atoms with Crippen molar-refractivity contribution in [2.24, 2.45) is 0 Å². The van der Waals surface area contributed by atoms with E-state index in [0.717, 1.165) is 11.1 Å². The van der Waals surface area contributed by atoms with Crippen LogP contribution < -0.4 is 10.1 Å². The zero-order chi connectivity index (χ0) is 24.2. The van der Waals surface area contributed by atoms with Gasteiger partial charge in [-0.1, -0.05) is 35.9 Å². The topological polar surface area (TPSA) is 132 Å². The highest BCUT2D eigenvalue weighted by atomic mass is 35.5. The van der Waals surface area contributed by atoms with Crippen LogP contribution in [0.2, 0.25) is 5.02 Å². The van der Waals surface area contributed by atoms with E-state index >= 15 is 0 Å². The number of halogens is 1. The molecular formula is C25H32ClNO7. The average Bonchev–Trinajstić information content (AvgIpc) is 3.67. The molecule has 1 heterocycles. The summed E-state index contributed by atoms with van der Waals surface area (Å²) in [5.41, 5.74) is 2.37. The minimum absolute atomic E-state index is 0.214. The van der Waals surface area contributed by atoms with Gasteiger partial charge in [-0.3, -0.25) is 0 Å². The second kappa shape index (κ2) is 11.3. The van der Waals surface area contributed by atoms with Crippen molar-refractivity contribution in [3.63, 3.8) is 0 Å². The van der Waals surface area contributed by atoms with E-state index in [1.165, 1.54) is 12.8 Å². The zero-order valence-corrected chi connectivity index (χ0v) is 19.5. The monoisotopic (exact) mass is 493 g/mol. The van der Waals surface area contributed by atoms with Crippen molar-refractivity contribution in [2.45, 2.75) is 61.9 Å². The molecule has 2 fully saturated rings. The van der Waals surface area contributed by atoms with Gasteiger partial charge in [0.25, 0.3) is 0 Å². The molecule has 0 bridgehead atoms. The molecule has 2 aromatic rings. The maximum absolute atomic E-state index is 10.4. The van der Waals surface area contributed by atoms with E-state index in [1.807, 2.05) is 24.3 Å². The normalized spacial score (nSPS) is 28.0. The van der Waals surface area contributed by atoms with Gasteiger partial charge in [-0.25, -0.2) is 0 Å². The number of aliphatic hydroxyl groups is 5. The highest BCUT2D eigenvalue weighted by Gasteiger charge is 2.44. The Morgan fingerprint density at radius 1 is 1.03 bits per heavy atom. The van der Waals surface area contributed by atoms with Gasteiger partial charge in [0.05, 0.1) is 6.61 Å². The van der Waals surface area contributed by atoms with E-state index in [4.69, 9.17) is 21.1 Å². The van der Waals surface area contributed by atoms with Gasteiger partial charge in [0.15, 0.2) is 0 Å². The molecule has 2 aromatic carbocycles. The summed E-state index contributed by atoms with van der Waals surface area (Å²) < 4.78 is 11.3. The first kappa shape index (κ1) is 25.3. The molecule has 1 aliphatic heterocycles. The SMILES string of the molecule is OC[C@H]1O[C@@H](c2ccc(Cl)c(Cc3ccc(OC[C@@H](O)CNC4CC4)cc3)c2)[C@H](O)[C@@H](O)[C@@H]1O. The Morgan fingerprint density at radius 2 is 1.76 bits per heavy atom. The lowest BCUT2D eigenvalue weighted by Gasteiger charge is -2.40. The number of rotatable bonds is 10. The van der Waals surface area contributed by atoms with Crippen molar-refractivity contribution < 1.29 is 35.0 Å². The molecule has 0 aromatic heterocycles. The summed E-state index contributed by atoms with van der Waals surface area (Å²) in [5, 5.41) is 53.8. The molecule has 6 N–H and O–H groups in total. The first-order chi connectivity index (χ1) is 16.4. The number of hydrogen-bond acceptors (Lipinski definition) is 8. The van der Waals surface area contributed by atoms with Gasteiger partial charge in [0.2, 0.25) is 0 Å². The molecule has 8 nitrogen and oxygen atoms in total. The summed E-state index contributed by atoms with van der Waals surface area (Å²) in [6, 6.07) is 13.2. The summed E-state index contributed by atoms with van der Waals surface area (Å²) in [7, 11) is 0. The Kier molecular flexibility index (Phi) is 8.44. The third kappa shape index (κ3) is 6.27. The van der Waals surface area contributed by atoms with Crippen LogP contribution in [-0.2, 0) is 11.2 Å². The summed E-state index contributed by atoms with van der Waals surface area (Å²) >= 11 is 6.41. The molecule has 1 saturated heterocycles. The molecule has 1 aliphatic carbocycles. The summed E-state index contributed by atoms with van der Waals surface area (Å²) in [6.07, 6.45) is -3.79. The van der Waals surface area contributed by atoms with Gasteiger partial charge in [0, 0.05) is 17.6 Å². The van der Waals surface area contributed by atoms with Crippen molar-refractivity contribution in [1.82, 2.24) is 5.32 Å². The van der Waals surface area contributed by atoms with Gasteiger partial charge in [-0.2, -0.15) is 0 Å². The van der Waals surface area contributed by atoms with Crippen molar-refractivity contribution in [3.05, 3.63) is 64.2 Å². The minimum Gasteiger partial charge on any atom is -0.491 e. The Balaban J connectivity index is 1.38. The number of ether oxygens (including phenoxy) is 2. The molecule has 0 amide bonds. The van der Waals surface area contributed by atoms with Crippen LogP contribution in [0.1, 0.15) is 35.6 Å². The molecule has 0 unspecified atom stereocenters. The molecule has 2 aliphatic rings. The van der Waals surface area contributed by atoms with E-state index in [0.29, 0.717) is 35.3 Å². The van der Waals surface area contributed by atoms with Gasteiger partial charge >= 0.3 is 0 Å². The van der Waals surface area contributed by atoms with Crippen LogP contribution in [0.25, 0.3) is 0 Å². The fraction of sp³-hybridized carbons (Fsp3) is 0.520. The van der Waals surface area contributed by atoms with Crippen LogP contribution >= 0.6 is 11.6 Å². The number of aliphatic hydroxyl groups excluding tert-OH is 5. The second-order valence-corrected chi connectivity index (χ2v) is 9.48. The first-order valence-electron chi connectivity index (χ1n) is 11.6. The van der Waals surface area contributed by atoms with Crippen molar-refractivity contribution in [1.29, 1.82) is 0 Å². The average molecular weight is 494 g/mol. The molecule has 9 heteroatoms. The van der Waals surface area contributed by atoms with Crippen LogP contribution in [0.15, 0.2) is 42.5 Å². The quantitative estimate of drug-likeness (QED) is 0.288. The maximum Gasteiger partial charge on any atom is 0.119 e. The lowest BCUT2D eigenvalue weighted by molar-refractivity contribution is -0.231. The van der Waals surface area contributed by atoms with Crippen LogP contribution in [0, 0.1) is 0 Å². The lowest BCUT2D eigenvalue weighted by Crippen LogP contribution is -2.55. The molecule has 1 saturated carbocycles. The Morgan fingerprint density at radius 3 is 2.44 bits per heavy atom. The summed E-state index contributed by atoms with van der Waals surface area (Å²) in [6.45, 7) is 0.252. The van der Waals surface area contributed by atoms with Crippen LogP contribution in [-0.4, -0.2) is 81.9 Å². The fourth-order valence-electron chi connectivity index (χ4n) is 4.05. The fourth-order valence-corrected chi connectivity index (χ4v) is 4.23. The number of hydrogen-bond donors (Lipinski definition) is 6. The maximum atomic E-state index is 10.4. The zero-order valence-electron chi connectivity index (χ0n) is 18.8. The Labute approximate surface area is 203 Å². The number of benzene rings is 2. The number of nitrogens with one attached hydrogen (secondary N) is 1. The molecule has 0 spiro atoms. The predicted molar refractivity (Wildman–Crippen MR) is 126 cm³/mol. The molecule has 0 radical (unpaired) electrons. The predicted octanol–water partition coefficient (Wildman–Crippen LogP) is 0.937. The van der Waals surface area contributed by atoms with Crippen LogP contribution in [0.4, 0.5) is 0 Å². The molecule has 34 heavy (non-hydrogen) atoms. The second-order valence-electron chi connectivity index (χ2n) is 9.07. The van der Waals surface area contributed by atoms with Crippen LogP contribution in [0.5, 0.6) is 5.75 Å². The molecule has 4 rings (SSSR count). The lowest BCUT2D eigenvalue weighted by atomic mass is 9.90. The minimum atomic E-state index is -1.44. The van der Waals surface area contributed by atoms with Gasteiger partial charge < -0.3 is 40.3 Å². The van der Waals surface area contributed by atoms with Crippen LogP contribution in [0.3, 0.4) is 0 Å². The molecular weight excluding hydrogens is 462 g/mol. The van der Waals surface area contributed by atoms with Crippen molar-refractivity contribution >= 4 is 11.6 Å². The Bertz CT molecular complexity index is 937. The Hall–Kier alpha value is -1.75. The van der Waals surface area contributed by atoms with Gasteiger partial charge in [0.1, 0.15) is 49.0 Å². The van der Waals surface area contributed by atoms with Gasteiger partial charge in [-0.05, 0) is 54.2 Å². The highest BCUT2D eigenvalue weighted by Crippen LogP contribution is 2.34. The van der Waals surface area contributed by atoms with E-state index in [9.17, 15) is 25.5 Å². The highest BCUT2D eigenvalue weighted by molar-refractivity contribution is 6.31. The standard InChI is InChI=1S/C25H32ClNO7/c26-20-8-3-15(25-24(32)23(31)22(30)21(12-28)34-25)10-16(20)9-14-1-6-19(7-2-14)33-13-18(29)11-27-17-4-5-17/h1-3,6-8,10,17-18,21-25,27-32H,4-5,9,11-13H2/t18-,21+,22+,23-,24+,25-/m0/s1. The van der Waals surface area contributed by atoms with Crippen molar-refractivity contribution in [2.75, 3.05) is 19.8 Å². The smallest absolute Gasteiger partial charge is 0.119 e. The van der Waals surface area contributed by atoms with Crippen molar-refractivity contribution in [3.8, 4) is 5.75 Å². The van der Waals surface area contributed by atoms with E-state index in [2.05, 4.69) is 5.32 Å². The van der Waals surface area contributed by atoms with E-state index in [-0.39, 0.29) is 6.61 Å². The van der Waals surface area contributed by atoms with E-state index in [1.54, 1.807) is 18.2 Å². The third-order valence-electron chi connectivity index (χ3n) is 6.27. The first-order valence-corrected chi connectivity index (χ1v) is 12.0. The largest absolute Gasteiger partial charge is 0.491 e. The van der Waals surface area contributed by atoms with E-state index < -0.39 is 43.2 Å².